The summed E-state index contributed by atoms with van der Waals surface area (Å²) in [5.74, 6) is 2.36. The van der Waals surface area contributed by atoms with Gasteiger partial charge in [-0.25, -0.2) is 0 Å². The first kappa shape index (κ1) is 20.1. The van der Waals surface area contributed by atoms with Crippen LogP contribution in [0.1, 0.15) is 37.5 Å². The summed E-state index contributed by atoms with van der Waals surface area (Å²) in [5.41, 5.74) is 9.19. The van der Waals surface area contributed by atoms with E-state index in [-0.39, 0.29) is 5.41 Å². The number of benzene rings is 2. The van der Waals surface area contributed by atoms with Crippen LogP contribution in [0.5, 0.6) is 17.2 Å². The van der Waals surface area contributed by atoms with Gasteiger partial charge in [-0.3, -0.25) is 0 Å². The van der Waals surface area contributed by atoms with Crippen LogP contribution in [0.2, 0.25) is 0 Å². The van der Waals surface area contributed by atoms with Crippen molar-refractivity contribution in [2.24, 2.45) is 5.73 Å². The van der Waals surface area contributed by atoms with Crippen LogP contribution in [0.15, 0.2) is 36.4 Å². The maximum Gasteiger partial charge on any atom is 0.161 e. The zero-order chi connectivity index (χ0) is 19.2. The van der Waals surface area contributed by atoms with Crippen molar-refractivity contribution in [1.82, 2.24) is 0 Å². The lowest BCUT2D eigenvalue weighted by molar-refractivity contribution is 0.208. The van der Waals surface area contributed by atoms with Crippen LogP contribution in [0.4, 0.5) is 0 Å². The summed E-state index contributed by atoms with van der Waals surface area (Å²) in [7, 11) is 1.64. The van der Waals surface area contributed by atoms with E-state index >= 15 is 0 Å². The van der Waals surface area contributed by atoms with Gasteiger partial charge in [-0.1, -0.05) is 39.0 Å². The normalized spacial score (nSPS) is 11.3. The minimum atomic E-state index is 0.0314. The molecular formula is C22H31NO3. The molecule has 4 heteroatoms. The quantitative estimate of drug-likeness (QED) is 0.717. The van der Waals surface area contributed by atoms with Crippen LogP contribution in [-0.2, 0) is 11.8 Å². The standard InChI is InChI=1S/C22H31NO3/c1-16-6-8-18(22(2,3)4)20(14-16)25-12-13-26-21-15-17(10-11-23)7-9-19(21)24-5/h6-9,14-15H,10-13,23H2,1-5H3. The highest BCUT2D eigenvalue weighted by atomic mass is 16.5. The molecule has 0 amide bonds. The molecule has 2 rings (SSSR count). The fourth-order valence-corrected chi connectivity index (χ4v) is 2.83. The number of nitrogens with two attached hydrogens (primary N) is 1. The van der Waals surface area contributed by atoms with Gasteiger partial charge in [0.05, 0.1) is 7.11 Å². The molecule has 0 aromatic heterocycles. The van der Waals surface area contributed by atoms with Crippen molar-refractivity contribution in [3.05, 3.63) is 53.1 Å². The second kappa shape index (κ2) is 8.95. The van der Waals surface area contributed by atoms with E-state index in [1.165, 1.54) is 11.1 Å². The zero-order valence-electron chi connectivity index (χ0n) is 16.6. The molecule has 0 radical (unpaired) electrons. The fraction of sp³-hybridized carbons (Fsp3) is 0.455. The third-order valence-electron chi connectivity index (χ3n) is 4.20. The Kier molecular flexibility index (Phi) is 6.92. The molecule has 0 aliphatic rings. The summed E-state index contributed by atoms with van der Waals surface area (Å²) in [4.78, 5) is 0. The molecular weight excluding hydrogens is 326 g/mol. The van der Waals surface area contributed by atoms with Gasteiger partial charge in [-0.15, -0.1) is 0 Å². The summed E-state index contributed by atoms with van der Waals surface area (Å²) in [6.07, 6.45) is 0.815. The van der Waals surface area contributed by atoms with Gasteiger partial charge in [0.2, 0.25) is 0 Å². The van der Waals surface area contributed by atoms with Crippen LogP contribution >= 0.6 is 0 Å². The van der Waals surface area contributed by atoms with Crippen molar-refractivity contribution in [2.75, 3.05) is 26.9 Å². The van der Waals surface area contributed by atoms with Gasteiger partial charge in [0.1, 0.15) is 19.0 Å². The van der Waals surface area contributed by atoms with E-state index in [9.17, 15) is 0 Å². The van der Waals surface area contributed by atoms with Crippen molar-refractivity contribution in [2.45, 2.75) is 39.5 Å². The van der Waals surface area contributed by atoms with Gasteiger partial charge in [0, 0.05) is 0 Å². The van der Waals surface area contributed by atoms with Crippen molar-refractivity contribution >= 4 is 0 Å². The molecule has 0 fully saturated rings. The molecule has 0 spiro atoms. The van der Waals surface area contributed by atoms with Crippen molar-refractivity contribution in [1.29, 1.82) is 0 Å². The van der Waals surface area contributed by atoms with Gasteiger partial charge >= 0.3 is 0 Å². The molecule has 0 atom stereocenters. The van der Waals surface area contributed by atoms with Gasteiger partial charge in [0.25, 0.3) is 0 Å². The van der Waals surface area contributed by atoms with E-state index in [0.717, 1.165) is 29.2 Å². The minimum Gasteiger partial charge on any atom is -0.493 e. The predicted octanol–water partition coefficient (Wildman–Crippen LogP) is 4.26. The van der Waals surface area contributed by atoms with E-state index in [1.807, 2.05) is 18.2 Å². The minimum absolute atomic E-state index is 0.0314. The summed E-state index contributed by atoms with van der Waals surface area (Å²) < 4.78 is 17.3. The smallest absolute Gasteiger partial charge is 0.161 e. The maximum absolute atomic E-state index is 6.03. The highest BCUT2D eigenvalue weighted by Crippen LogP contribution is 2.32. The molecule has 0 aliphatic carbocycles. The Balaban J connectivity index is 2.01. The topological polar surface area (TPSA) is 53.7 Å². The molecule has 2 N–H and O–H groups in total. The zero-order valence-corrected chi connectivity index (χ0v) is 16.6. The Bertz CT molecular complexity index is 720. The third kappa shape index (κ3) is 5.40. The number of hydrogen-bond acceptors (Lipinski definition) is 4. The molecule has 0 saturated heterocycles. The summed E-state index contributed by atoms with van der Waals surface area (Å²) in [6, 6.07) is 12.3. The van der Waals surface area contributed by atoms with E-state index in [1.54, 1.807) is 7.11 Å². The second-order valence-corrected chi connectivity index (χ2v) is 7.47. The monoisotopic (exact) mass is 357 g/mol. The van der Waals surface area contributed by atoms with Crippen LogP contribution in [-0.4, -0.2) is 26.9 Å². The molecule has 4 nitrogen and oxygen atoms in total. The second-order valence-electron chi connectivity index (χ2n) is 7.47. The van der Waals surface area contributed by atoms with E-state index in [4.69, 9.17) is 19.9 Å². The lowest BCUT2D eigenvalue weighted by atomic mass is 9.86. The lowest BCUT2D eigenvalue weighted by Gasteiger charge is -2.23. The Morgan fingerprint density at radius 1 is 0.885 bits per heavy atom. The highest BCUT2D eigenvalue weighted by Gasteiger charge is 2.19. The van der Waals surface area contributed by atoms with Crippen LogP contribution in [0, 0.1) is 6.92 Å². The molecule has 0 aliphatic heterocycles. The Hall–Kier alpha value is -2.20. The Morgan fingerprint density at radius 2 is 1.58 bits per heavy atom. The number of aryl methyl sites for hydroxylation is 1. The molecule has 0 saturated carbocycles. The van der Waals surface area contributed by atoms with E-state index in [0.29, 0.717) is 19.8 Å². The van der Waals surface area contributed by atoms with Crippen molar-refractivity contribution in [3.63, 3.8) is 0 Å². The predicted molar refractivity (Wildman–Crippen MR) is 107 cm³/mol. The molecule has 2 aromatic rings. The van der Waals surface area contributed by atoms with Crippen LogP contribution in [0.3, 0.4) is 0 Å². The maximum atomic E-state index is 6.03. The molecule has 0 heterocycles. The molecule has 26 heavy (non-hydrogen) atoms. The summed E-state index contributed by atoms with van der Waals surface area (Å²) >= 11 is 0. The lowest BCUT2D eigenvalue weighted by Crippen LogP contribution is -2.16. The van der Waals surface area contributed by atoms with Gasteiger partial charge in [0.15, 0.2) is 11.5 Å². The fourth-order valence-electron chi connectivity index (χ4n) is 2.83. The van der Waals surface area contributed by atoms with Crippen LogP contribution in [0.25, 0.3) is 0 Å². The van der Waals surface area contributed by atoms with Crippen molar-refractivity contribution in [3.8, 4) is 17.2 Å². The third-order valence-corrected chi connectivity index (χ3v) is 4.20. The van der Waals surface area contributed by atoms with Gasteiger partial charge in [-0.2, -0.15) is 0 Å². The van der Waals surface area contributed by atoms with Crippen LogP contribution < -0.4 is 19.9 Å². The average molecular weight is 357 g/mol. The van der Waals surface area contributed by atoms with Crippen molar-refractivity contribution < 1.29 is 14.2 Å². The van der Waals surface area contributed by atoms with E-state index < -0.39 is 0 Å². The average Bonchev–Trinajstić information content (AvgIpc) is 2.58. The first-order valence-corrected chi connectivity index (χ1v) is 9.09. The Labute approximate surface area is 157 Å². The highest BCUT2D eigenvalue weighted by molar-refractivity contribution is 5.43. The van der Waals surface area contributed by atoms with E-state index in [2.05, 4.69) is 45.9 Å². The van der Waals surface area contributed by atoms with Gasteiger partial charge < -0.3 is 19.9 Å². The number of rotatable bonds is 8. The largest absolute Gasteiger partial charge is 0.493 e. The van der Waals surface area contributed by atoms with Gasteiger partial charge in [-0.05, 0) is 60.2 Å². The number of methoxy groups -OCH3 is 1. The Morgan fingerprint density at radius 3 is 2.19 bits per heavy atom. The summed E-state index contributed by atoms with van der Waals surface area (Å²) in [6.45, 7) is 10.2. The molecule has 0 unspecified atom stereocenters. The molecule has 2 aromatic carbocycles. The number of hydrogen-bond donors (Lipinski definition) is 1. The summed E-state index contributed by atoms with van der Waals surface area (Å²) in [5, 5.41) is 0. The first-order valence-electron chi connectivity index (χ1n) is 9.09. The first-order chi connectivity index (χ1) is 12.3. The molecule has 142 valence electrons. The number of ether oxygens (including phenoxy) is 3. The molecule has 0 bridgehead atoms. The SMILES string of the molecule is COc1ccc(CCN)cc1OCCOc1cc(C)ccc1C(C)(C)C.